The summed E-state index contributed by atoms with van der Waals surface area (Å²) < 4.78 is 24.0. The van der Waals surface area contributed by atoms with Crippen molar-refractivity contribution in [3.8, 4) is 17.1 Å². The molecule has 3 rings (SSSR count). The first kappa shape index (κ1) is 19.5. The number of aryl methyl sites for hydroxylation is 2. The third-order valence-electron chi connectivity index (χ3n) is 4.49. The van der Waals surface area contributed by atoms with Gasteiger partial charge in [-0.3, -0.25) is 9.78 Å². The number of carbonyl (C=O) groups is 1. The van der Waals surface area contributed by atoms with Crippen LogP contribution < -0.4 is 4.74 Å². The van der Waals surface area contributed by atoms with Crippen molar-refractivity contribution in [1.29, 1.82) is 0 Å². The lowest BCUT2D eigenvalue weighted by molar-refractivity contribution is 0.0788. The fourth-order valence-electron chi connectivity index (χ4n) is 3.02. The monoisotopic (exact) mass is 383 g/mol. The summed E-state index contributed by atoms with van der Waals surface area (Å²) in [6, 6.07) is 7.02. The fraction of sp³-hybridized carbons (Fsp3) is 0.286. The standard InChI is InChI=1S/C21H22FN3O3/c1-14-9-16(6-7-18(14)27-3)20-19(24-13-28-20)21(26)25(2)8-4-5-15-10-17(22)12-23-11-15/h6-7,9-13H,4-5,8H2,1-3H3. The van der Waals surface area contributed by atoms with E-state index in [9.17, 15) is 9.18 Å². The van der Waals surface area contributed by atoms with Gasteiger partial charge in [-0.05, 0) is 55.2 Å². The molecule has 0 N–H and O–H groups in total. The Morgan fingerprint density at radius 3 is 2.82 bits per heavy atom. The smallest absolute Gasteiger partial charge is 0.276 e. The van der Waals surface area contributed by atoms with Crippen LogP contribution in [0.1, 0.15) is 28.0 Å². The van der Waals surface area contributed by atoms with E-state index in [1.165, 1.54) is 18.7 Å². The van der Waals surface area contributed by atoms with E-state index in [0.29, 0.717) is 25.1 Å². The summed E-state index contributed by atoms with van der Waals surface area (Å²) in [6.07, 6.45) is 5.39. The first-order valence-corrected chi connectivity index (χ1v) is 8.93. The molecule has 0 aliphatic rings. The summed E-state index contributed by atoms with van der Waals surface area (Å²) in [5.74, 6) is 0.607. The van der Waals surface area contributed by atoms with Crippen molar-refractivity contribution in [3.63, 3.8) is 0 Å². The van der Waals surface area contributed by atoms with Gasteiger partial charge in [-0.25, -0.2) is 9.37 Å². The van der Waals surface area contributed by atoms with Crippen LogP contribution in [0.15, 0.2) is 47.5 Å². The zero-order chi connectivity index (χ0) is 20.1. The van der Waals surface area contributed by atoms with Gasteiger partial charge in [0.2, 0.25) is 0 Å². The number of rotatable bonds is 7. The second-order valence-corrected chi connectivity index (χ2v) is 6.56. The number of ether oxygens (including phenoxy) is 1. The summed E-state index contributed by atoms with van der Waals surface area (Å²) in [5, 5.41) is 0. The molecular weight excluding hydrogens is 361 g/mol. The summed E-state index contributed by atoms with van der Waals surface area (Å²) >= 11 is 0. The Morgan fingerprint density at radius 1 is 1.29 bits per heavy atom. The third kappa shape index (κ3) is 4.36. The zero-order valence-electron chi connectivity index (χ0n) is 16.1. The molecule has 0 aliphatic heterocycles. The van der Waals surface area contributed by atoms with Gasteiger partial charge in [-0.1, -0.05) is 0 Å². The van der Waals surface area contributed by atoms with Gasteiger partial charge >= 0.3 is 0 Å². The molecule has 6 nitrogen and oxygen atoms in total. The molecular formula is C21H22FN3O3. The number of amides is 1. The van der Waals surface area contributed by atoms with Crippen LogP contribution in [0.2, 0.25) is 0 Å². The third-order valence-corrected chi connectivity index (χ3v) is 4.49. The molecule has 146 valence electrons. The van der Waals surface area contributed by atoms with Gasteiger partial charge in [0.15, 0.2) is 17.8 Å². The normalized spacial score (nSPS) is 10.7. The minimum atomic E-state index is -0.357. The Balaban J connectivity index is 1.67. The molecule has 0 atom stereocenters. The van der Waals surface area contributed by atoms with Gasteiger partial charge in [-0.15, -0.1) is 0 Å². The lowest BCUT2D eigenvalue weighted by atomic mass is 10.1. The molecule has 0 bridgehead atoms. The lowest BCUT2D eigenvalue weighted by Gasteiger charge is -2.16. The number of benzene rings is 1. The van der Waals surface area contributed by atoms with Crippen LogP contribution in [-0.2, 0) is 6.42 Å². The van der Waals surface area contributed by atoms with Crippen molar-refractivity contribution >= 4 is 5.91 Å². The summed E-state index contributed by atoms with van der Waals surface area (Å²) in [6.45, 7) is 2.43. The molecule has 2 heterocycles. The summed E-state index contributed by atoms with van der Waals surface area (Å²) in [4.78, 5) is 22.3. The van der Waals surface area contributed by atoms with Gasteiger partial charge in [0, 0.05) is 25.4 Å². The molecule has 0 saturated carbocycles. The molecule has 1 aromatic carbocycles. The zero-order valence-corrected chi connectivity index (χ0v) is 16.1. The molecule has 28 heavy (non-hydrogen) atoms. The number of hydrogen-bond acceptors (Lipinski definition) is 5. The highest BCUT2D eigenvalue weighted by Gasteiger charge is 2.22. The molecule has 0 radical (unpaired) electrons. The second-order valence-electron chi connectivity index (χ2n) is 6.56. The van der Waals surface area contributed by atoms with E-state index < -0.39 is 0 Å². The molecule has 2 aromatic heterocycles. The number of methoxy groups -OCH3 is 1. The molecule has 0 spiro atoms. The predicted octanol–water partition coefficient (Wildman–Crippen LogP) is 3.90. The molecule has 7 heteroatoms. The number of oxazole rings is 1. The molecule has 3 aromatic rings. The second kappa shape index (κ2) is 8.65. The van der Waals surface area contributed by atoms with E-state index in [2.05, 4.69) is 9.97 Å². The maximum Gasteiger partial charge on any atom is 0.276 e. The minimum absolute atomic E-state index is 0.227. The fourth-order valence-corrected chi connectivity index (χ4v) is 3.02. The van der Waals surface area contributed by atoms with Crippen LogP contribution in [-0.4, -0.2) is 41.5 Å². The Hall–Kier alpha value is -3.22. The number of carbonyl (C=O) groups excluding carboxylic acids is 1. The molecule has 1 amide bonds. The Labute approximate surface area is 163 Å². The molecule has 0 unspecified atom stereocenters. The predicted molar refractivity (Wildman–Crippen MR) is 103 cm³/mol. The quantitative estimate of drug-likeness (QED) is 0.619. The van der Waals surface area contributed by atoms with Crippen molar-refractivity contribution in [1.82, 2.24) is 14.9 Å². The van der Waals surface area contributed by atoms with Gasteiger partial charge in [0.25, 0.3) is 5.91 Å². The highest BCUT2D eigenvalue weighted by Crippen LogP contribution is 2.28. The highest BCUT2D eigenvalue weighted by atomic mass is 19.1. The van der Waals surface area contributed by atoms with E-state index in [-0.39, 0.29) is 17.4 Å². The maximum atomic E-state index is 13.2. The first-order chi connectivity index (χ1) is 13.5. The molecule has 0 fully saturated rings. The van der Waals surface area contributed by atoms with Gasteiger partial charge in [0.1, 0.15) is 11.6 Å². The first-order valence-electron chi connectivity index (χ1n) is 8.93. The van der Waals surface area contributed by atoms with Crippen LogP contribution in [0.3, 0.4) is 0 Å². The van der Waals surface area contributed by atoms with Crippen molar-refractivity contribution in [2.75, 3.05) is 20.7 Å². The van der Waals surface area contributed by atoms with Crippen LogP contribution in [0.25, 0.3) is 11.3 Å². The Kier molecular flexibility index (Phi) is 6.03. The van der Waals surface area contributed by atoms with Crippen molar-refractivity contribution in [2.45, 2.75) is 19.8 Å². The molecule has 0 saturated heterocycles. The Bertz CT molecular complexity index is 971. The van der Waals surface area contributed by atoms with Crippen LogP contribution in [0.5, 0.6) is 5.75 Å². The van der Waals surface area contributed by atoms with Gasteiger partial charge in [0.05, 0.1) is 13.3 Å². The maximum absolute atomic E-state index is 13.2. The average Bonchev–Trinajstić information content (AvgIpc) is 3.17. The van der Waals surface area contributed by atoms with E-state index >= 15 is 0 Å². The van der Waals surface area contributed by atoms with E-state index in [1.807, 2.05) is 25.1 Å². The number of aromatic nitrogens is 2. The summed E-state index contributed by atoms with van der Waals surface area (Å²) in [5.41, 5.74) is 2.77. The van der Waals surface area contributed by atoms with Crippen molar-refractivity contribution in [2.24, 2.45) is 0 Å². The number of nitrogens with zero attached hydrogens (tertiary/aromatic N) is 3. The molecule has 0 aliphatic carbocycles. The van der Waals surface area contributed by atoms with Crippen LogP contribution in [0, 0.1) is 12.7 Å². The highest BCUT2D eigenvalue weighted by molar-refractivity contribution is 5.97. The average molecular weight is 383 g/mol. The lowest BCUT2D eigenvalue weighted by Crippen LogP contribution is -2.28. The number of halogens is 1. The Morgan fingerprint density at radius 2 is 2.11 bits per heavy atom. The van der Waals surface area contributed by atoms with Gasteiger partial charge < -0.3 is 14.1 Å². The van der Waals surface area contributed by atoms with E-state index in [1.54, 1.807) is 25.3 Å². The van der Waals surface area contributed by atoms with Crippen molar-refractivity contribution in [3.05, 3.63) is 65.7 Å². The van der Waals surface area contributed by atoms with Crippen LogP contribution in [0.4, 0.5) is 4.39 Å². The van der Waals surface area contributed by atoms with Crippen molar-refractivity contribution < 1.29 is 18.3 Å². The number of pyridine rings is 1. The van der Waals surface area contributed by atoms with E-state index in [4.69, 9.17) is 9.15 Å². The largest absolute Gasteiger partial charge is 0.496 e. The SMILES string of the molecule is COc1ccc(-c2ocnc2C(=O)N(C)CCCc2cncc(F)c2)cc1C. The van der Waals surface area contributed by atoms with E-state index in [0.717, 1.165) is 22.4 Å². The van der Waals surface area contributed by atoms with Crippen LogP contribution >= 0.6 is 0 Å². The minimum Gasteiger partial charge on any atom is -0.496 e. The van der Waals surface area contributed by atoms with Gasteiger partial charge in [-0.2, -0.15) is 0 Å². The topological polar surface area (TPSA) is 68.5 Å². The number of hydrogen-bond donors (Lipinski definition) is 0. The summed E-state index contributed by atoms with van der Waals surface area (Å²) in [7, 11) is 3.32.